The second-order valence-corrected chi connectivity index (χ2v) is 5.73. The van der Waals surface area contributed by atoms with E-state index in [1.165, 1.54) is 23.4 Å². The molecule has 0 saturated carbocycles. The molecule has 1 N–H and O–H groups in total. The van der Waals surface area contributed by atoms with Crippen molar-refractivity contribution >= 4 is 11.3 Å². The van der Waals surface area contributed by atoms with E-state index in [-0.39, 0.29) is 0 Å². The number of aromatic nitrogens is 1. The first kappa shape index (κ1) is 14.3. The maximum atomic E-state index is 5.44. The standard InChI is InChI=1S/C15H22N2OS/c1-3-5-9-16-11-14-12(7-4-2)17-15(19-14)13-8-6-10-18-13/h6,8,10,16H,3-5,7,9,11H2,1-2H3. The van der Waals surface area contributed by atoms with Crippen molar-refractivity contribution in [3.8, 4) is 10.8 Å². The molecule has 0 aromatic carbocycles. The minimum atomic E-state index is 0.877. The maximum absolute atomic E-state index is 5.44. The van der Waals surface area contributed by atoms with Crippen molar-refractivity contribution in [2.75, 3.05) is 6.54 Å². The number of nitrogens with zero attached hydrogens (tertiary/aromatic N) is 1. The van der Waals surface area contributed by atoms with Gasteiger partial charge in [-0.2, -0.15) is 0 Å². The van der Waals surface area contributed by atoms with Crippen LogP contribution in [-0.2, 0) is 13.0 Å². The van der Waals surface area contributed by atoms with Crippen molar-refractivity contribution < 1.29 is 4.42 Å². The zero-order valence-electron chi connectivity index (χ0n) is 11.7. The highest BCUT2D eigenvalue weighted by Gasteiger charge is 2.13. The van der Waals surface area contributed by atoms with Gasteiger partial charge in [0, 0.05) is 11.4 Å². The van der Waals surface area contributed by atoms with Crippen LogP contribution in [0.3, 0.4) is 0 Å². The van der Waals surface area contributed by atoms with Crippen LogP contribution in [0.25, 0.3) is 10.8 Å². The van der Waals surface area contributed by atoms with Crippen LogP contribution < -0.4 is 5.32 Å². The average Bonchev–Trinajstić information content (AvgIpc) is 3.04. The summed E-state index contributed by atoms with van der Waals surface area (Å²) >= 11 is 1.75. The number of rotatable bonds is 8. The van der Waals surface area contributed by atoms with Crippen molar-refractivity contribution in [1.29, 1.82) is 0 Å². The number of thiazole rings is 1. The topological polar surface area (TPSA) is 38.1 Å². The Hall–Kier alpha value is -1.13. The first-order valence-corrected chi connectivity index (χ1v) is 7.90. The van der Waals surface area contributed by atoms with Crippen molar-refractivity contribution in [2.24, 2.45) is 0 Å². The van der Waals surface area contributed by atoms with E-state index in [1.807, 2.05) is 12.1 Å². The van der Waals surface area contributed by atoms with Crippen molar-refractivity contribution in [3.05, 3.63) is 29.0 Å². The lowest BCUT2D eigenvalue weighted by molar-refractivity contribution is 0.581. The fourth-order valence-corrected chi connectivity index (χ4v) is 3.01. The maximum Gasteiger partial charge on any atom is 0.162 e. The van der Waals surface area contributed by atoms with Crippen molar-refractivity contribution in [3.63, 3.8) is 0 Å². The quantitative estimate of drug-likeness (QED) is 0.734. The third-order valence-electron chi connectivity index (χ3n) is 2.99. The van der Waals surface area contributed by atoms with Gasteiger partial charge in [0.2, 0.25) is 0 Å². The van der Waals surface area contributed by atoms with E-state index in [2.05, 4.69) is 19.2 Å². The molecule has 0 aliphatic rings. The average molecular weight is 278 g/mol. The molecule has 19 heavy (non-hydrogen) atoms. The Bertz CT molecular complexity index is 476. The van der Waals surface area contributed by atoms with E-state index < -0.39 is 0 Å². The van der Waals surface area contributed by atoms with Gasteiger partial charge in [-0.1, -0.05) is 26.7 Å². The van der Waals surface area contributed by atoms with E-state index in [4.69, 9.17) is 9.40 Å². The van der Waals surface area contributed by atoms with Gasteiger partial charge in [-0.05, 0) is 31.5 Å². The molecule has 104 valence electrons. The highest BCUT2D eigenvalue weighted by molar-refractivity contribution is 7.15. The summed E-state index contributed by atoms with van der Waals surface area (Å²) in [5, 5.41) is 4.50. The summed E-state index contributed by atoms with van der Waals surface area (Å²) in [5.41, 5.74) is 1.22. The number of hydrogen-bond donors (Lipinski definition) is 1. The number of hydrogen-bond acceptors (Lipinski definition) is 4. The monoisotopic (exact) mass is 278 g/mol. The smallest absolute Gasteiger partial charge is 0.162 e. The molecule has 0 saturated heterocycles. The zero-order chi connectivity index (χ0) is 13.5. The molecule has 2 aromatic heterocycles. The third kappa shape index (κ3) is 3.91. The molecule has 0 radical (unpaired) electrons. The Balaban J connectivity index is 2.07. The molecule has 0 aliphatic carbocycles. The molecule has 0 fully saturated rings. The van der Waals surface area contributed by atoms with E-state index in [1.54, 1.807) is 17.6 Å². The van der Waals surface area contributed by atoms with Crippen LogP contribution in [0.5, 0.6) is 0 Å². The highest BCUT2D eigenvalue weighted by Crippen LogP contribution is 2.29. The normalized spacial score (nSPS) is 11.1. The molecule has 4 heteroatoms. The van der Waals surface area contributed by atoms with Crippen molar-refractivity contribution in [2.45, 2.75) is 46.1 Å². The Morgan fingerprint density at radius 2 is 2.21 bits per heavy atom. The summed E-state index contributed by atoms with van der Waals surface area (Å²) in [6.45, 7) is 6.41. The predicted octanol–water partition coefficient (Wildman–Crippen LogP) is 4.25. The molecular formula is C15H22N2OS. The molecule has 0 unspecified atom stereocenters. The van der Waals surface area contributed by atoms with Gasteiger partial charge in [0.25, 0.3) is 0 Å². The summed E-state index contributed by atoms with van der Waals surface area (Å²) < 4.78 is 5.44. The van der Waals surface area contributed by atoms with Gasteiger partial charge in [-0.3, -0.25) is 0 Å². The van der Waals surface area contributed by atoms with Crippen LogP contribution in [0.1, 0.15) is 43.7 Å². The number of unbranched alkanes of at least 4 members (excludes halogenated alkanes) is 1. The van der Waals surface area contributed by atoms with Crippen LogP contribution in [0.4, 0.5) is 0 Å². The molecule has 0 amide bonds. The summed E-state index contributed by atoms with van der Waals surface area (Å²) in [4.78, 5) is 6.08. The van der Waals surface area contributed by atoms with Crippen LogP contribution in [0, 0.1) is 0 Å². The lowest BCUT2D eigenvalue weighted by atomic mass is 10.2. The van der Waals surface area contributed by atoms with E-state index >= 15 is 0 Å². The van der Waals surface area contributed by atoms with Gasteiger partial charge >= 0.3 is 0 Å². The Kier molecular flexibility index (Phi) is 5.61. The van der Waals surface area contributed by atoms with Gasteiger partial charge < -0.3 is 9.73 Å². The highest BCUT2D eigenvalue weighted by atomic mass is 32.1. The summed E-state index contributed by atoms with van der Waals surface area (Å²) in [5.74, 6) is 0.877. The Morgan fingerprint density at radius 3 is 2.89 bits per heavy atom. The summed E-state index contributed by atoms with van der Waals surface area (Å²) in [6.07, 6.45) is 6.34. The molecule has 0 bridgehead atoms. The fraction of sp³-hybridized carbons (Fsp3) is 0.533. The lowest BCUT2D eigenvalue weighted by Gasteiger charge is -2.03. The second-order valence-electron chi connectivity index (χ2n) is 4.65. The molecule has 2 rings (SSSR count). The molecule has 2 aromatic rings. The Morgan fingerprint density at radius 1 is 1.32 bits per heavy atom. The fourth-order valence-electron chi connectivity index (χ4n) is 1.96. The minimum absolute atomic E-state index is 0.877. The van der Waals surface area contributed by atoms with Crippen molar-refractivity contribution in [1.82, 2.24) is 10.3 Å². The van der Waals surface area contributed by atoms with E-state index in [0.717, 1.165) is 36.7 Å². The van der Waals surface area contributed by atoms with E-state index in [0.29, 0.717) is 0 Å². The van der Waals surface area contributed by atoms with Gasteiger partial charge in [-0.15, -0.1) is 11.3 Å². The first-order valence-electron chi connectivity index (χ1n) is 7.08. The first-order chi connectivity index (χ1) is 9.35. The van der Waals surface area contributed by atoms with E-state index in [9.17, 15) is 0 Å². The molecular weight excluding hydrogens is 256 g/mol. The largest absolute Gasteiger partial charge is 0.462 e. The van der Waals surface area contributed by atoms with Gasteiger partial charge in [0.05, 0.1) is 12.0 Å². The minimum Gasteiger partial charge on any atom is -0.462 e. The van der Waals surface area contributed by atoms with Crippen LogP contribution >= 0.6 is 11.3 Å². The zero-order valence-corrected chi connectivity index (χ0v) is 12.6. The number of aryl methyl sites for hydroxylation is 1. The third-order valence-corrected chi connectivity index (χ3v) is 4.10. The molecule has 2 heterocycles. The second kappa shape index (κ2) is 7.46. The molecule has 0 aliphatic heterocycles. The van der Waals surface area contributed by atoms with Crippen LogP contribution in [0.2, 0.25) is 0 Å². The molecule has 0 spiro atoms. The van der Waals surface area contributed by atoms with Crippen LogP contribution in [-0.4, -0.2) is 11.5 Å². The van der Waals surface area contributed by atoms with Gasteiger partial charge in [0.15, 0.2) is 10.8 Å². The number of furan rings is 1. The van der Waals surface area contributed by atoms with Gasteiger partial charge in [0.1, 0.15) is 0 Å². The van der Waals surface area contributed by atoms with Gasteiger partial charge in [-0.25, -0.2) is 4.98 Å². The Labute approximate surface area is 119 Å². The lowest BCUT2D eigenvalue weighted by Crippen LogP contribution is -2.14. The summed E-state index contributed by atoms with van der Waals surface area (Å²) in [7, 11) is 0. The molecule has 0 atom stereocenters. The number of nitrogens with one attached hydrogen (secondary N) is 1. The summed E-state index contributed by atoms with van der Waals surface area (Å²) in [6, 6.07) is 3.89. The van der Waals surface area contributed by atoms with Crippen LogP contribution in [0.15, 0.2) is 22.8 Å². The predicted molar refractivity (Wildman–Crippen MR) is 80.4 cm³/mol. The molecule has 3 nitrogen and oxygen atoms in total. The SMILES string of the molecule is CCCCNCc1sc(-c2ccco2)nc1CCC.